The molecule has 0 amide bonds. The van der Waals surface area contributed by atoms with Gasteiger partial charge in [0.15, 0.2) is 0 Å². The smallest absolute Gasteiger partial charge is 0.119 e. The van der Waals surface area contributed by atoms with Gasteiger partial charge in [0.1, 0.15) is 5.75 Å². The van der Waals surface area contributed by atoms with Gasteiger partial charge in [0.2, 0.25) is 0 Å². The summed E-state index contributed by atoms with van der Waals surface area (Å²) < 4.78 is 5.18. The molecule has 4 nitrogen and oxygen atoms in total. The van der Waals surface area contributed by atoms with Crippen molar-refractivity contribution in [3.8, 4) is 11.8 Å². The Bertz CT molecular complexity index is 647. The van der Waals surface area contributed by atoms with Gasteiger partial charge in [-0.25, -0.2) is 0 Å². The molecule has 1 unspecified atom stereocenters. The van der Waals surface area contributed by atoms with Crippen LogP contribution in [-0.4, -0.2) is 30.7 Å². The number of hydrogen-bond acceptors (Lipinski definition) is 4. The van der Waals surface area contributed by atoms with E-state index in [-0.39, 0.29) is 0 Å². The maximum absolute atomic E-state index is 10.3. The highest BCUT2D eigenvalue weighted by molar-refractivity contribution is 5.32. The van der Waals surface area contributed by atoms with Crippen LogP contribution in [0.1, 0.15) is 22.8 Å². The molecule has 0 radical (unpaired) electrons. The molecule has 0 fully saturated rings. The van der Waals surface area contributed by atoms with Crippen molar-refractivity contribution in [3.63, 3.8) is 0 Å². The second-order valence-electron chi connectivity index (χ2n) is 5.30. The second-order valence-corrected chi connectivity index (χ2v) is 5.30. The summed E-state index contributed by atoms with van der Waals surface area (Å²) in [5.74, 6) is 0.742. The minimum absolute atomic E-state index is 0.521. The van der Waals surface area contributed by atoms with Crippen LogP contribution in [-0.2, 0) is 6.54 Å². The molecule has 0 saturated carbocycles. The van der Waals surface area contributed by atoms with Gasteiger partial charge in [0, 0.05) is 13.1 Å². The van der Waals surface area contributed by atoms with Gasteiger partial charge in [0.25, 0.3) is 0 Å². The fraction of sp³-hybridized carbons (Fsp3) is 0.278. The molecule has 0 aliphatic rings. The van der Waals surface area contributed by atoms with Gasteiger partial charge in [-0.05, 0) is 42.4 Å². The molecule has 1 atom stereocenters. The van der Waals surface area contributed by atoms with Gasteiger partial charge >= 0.3 is 0 Å². The van der Waals surface area contributed by atoms with Crippen molar-refractivity contribution in [1.82, 2.24) is 4.90 Å². The topological polar surface area (TPSA) is 56.5 Å². The summed E-state index contributed by atoms with van der Waals surface area (Å²) >= 11 is 0. The molecule has 0 spiro atoms. The molecular formula is C18H20N2O2. The lowest BCUT2D eigenvalue weighted by Gasteiger charge is -2.21. The summed E-state index contributed by atoms with van der Waals surface area (Å²) in [6.07, 6.45) is -0.571. The standard InChI is InChI=1S/C18H20N2O2/c1-20(12-15-8-6-14(11-19)7-9-15)13-18(21)16-4-3-5-17(10-16)22-2/h3-10,18,21H,12-13H2,1-2H3. The number of ether oxygens (including phenoxy) is 1. The van der Waals surface area contributed by atoms with E-state index in [9.17, 15) is 5.11 Å². The van der Waals surface area contributed by atoms with E-state index >= 15 is 0 Å². The van der Waals surface area contributed by atoms with Gasteiger partial charge in [0.05, 0.1) is 24.8 Å². The predicted octanol–water partition coefficient (Wildman–Crippen LogP) is 2.73. The number of aliphatic hydroxyl groups excluding tert-OH is 1. The van der Waals surface area contributed by atoms with Gasteiger partial charge < -0.3 is 9.84 Å². The van der Waals surface area contributed by atoms with E-state index in [2.05, 4.69) is 6.07 Å². The van der Waals surface area contributed by atoms with Gasteiger partial charge in [-0.1, -0.05) is 24.3 Å². The fourth-order valence-electron chi connectivity index (χ4n) is 2.31. The average molecular weight is 296 g/mol. The monoisotopic (exact) mass is 296 g/mol. The van der Waals surface area contributed by atoms with Crippen molar-refractivity contribution in [2.45, 2.75) is 12.6 Å². The highest BCUT2D eigenvalue weighted by Gasteiger charge is 2.12. The third kappa shape index (κ3) is 4.32. The summed E-state index contributed by atoms with van der Waals surface area (Å²) in [7, 11) is 3.57. The Morgan fingerprint density at radius 1 is 1.23 bits per heavy atom. The molecule has 22 heavy (non-hydrogen) atoms. The Labute approximate surface area is 131 Å². The zero-order chi connectivity index (χ0) is 15.9. The number of likely N-dealkylation sites (N-methyl/N-ethyl adjacent to an activating group) is 1. The van der Waals surface area contributed by atoms with E-state index in [4.69, 9.17) is 10.00 Å². The first-order valence-electron chi connectivity index (χ1n) is 7.12. The van der Waals surface area contributed by atoms with E-state index in [1.165, 1.54) is 0 Å². The number of nitriles is 1. The van der Waals surface area contributed by atoms with Crippen LogP contribution in [0.5, 0.6) is 5.75 Å². The molecule has 0 aromatic heterocycles. The van der Waals surface area contributed by atoms with E-state index in [1.807, 2.05) is 60.5 Å². The van der Waals surface area contributed by atoms with Crippen molar-refractivity contribution < 1.29 is 9.84 Å². The van der Waals surface area contributed by atoms with Crippen LogP contribution in [0.4, 0.5) is 0 Å². The first kappa shape index (κ1) is 16.0. The van der Waals surface area contributed by atoms with Crippen LogP contribution in [0.25, 0.3) is 0 Å². The van der Waals surface area contributed by atoms with Crippen LogP contribution in [0.15, 0.2) is 48.5 Å². The van der Waals surface area contributed by atoms with Crippen molar-refractivity contribution in [2.75, 3.05) is 20.7 Å². The number of methoxy groups -OCH3 is 1. The Hall–Kier alpha value is -2.35. The molecule has 2 rings (SSSR count). The van der Waals surface area contributed by atoms with Gasteiger partial charge in [-0.15, -0.1) is 0 Å². The maximum Gasteiger partial charge on any atom is 0.119 e. The second kappa shape index (κ2) is 7.60. The summed E-state index contributed by atoms with van der Waals surface area (Å²) in [5.41, 5.74) is 2.60. The molecule has 0 saturated heterocycles. The van der Waals surface area contributed by atoms with E-state index in [0.29, 0.717) is 18.7 Å². The number of benzene rings is 2. The number of aliphatic hydroxyl groups is 1. The minimum Gasteiger partial charge on any atom is -0.497 e. The number of hydrogen-bond donors (Lipinski definition) is 1. The first-order valence-corrected chi connectivity index (χ1v) is 7.12. The van der Waals surface area contributed by atoms with Crippen LogP contribution < -0.4 is 4.74 Å². The Balaban J connectivity index is 1.95. The molecule has 2 aromatic carbocycles. The summed E-state index contributed by atoms with van der Waals surface area (Å²) in [6.45, 7) is 1.24. The fourth-order valence-corrected chi connectivity index (χ4v) is 2.31. The molecule has 2 aromatic rings. The molecule has 1 N–H and O–H groups in total. The van der Waals surface area contributed by atoms with Crippen LogP contribution in [0.3, 0.4) is 0 Å². The zero-order valence-corrected chi connectivity index (χ0v) is 12.9. The van der Waals surface area contributed by atoms with Crippen LogP contribution >= 0.6 is 0 Å². The lowest BCUT2D eigenvalue weighted by atomic mass is 10.1. The highest BCUT2D eigenvalue weighted by Crippen LogP contribution is 2.20. The normalized spacial score (nSPS) is 12.0. The van der Waals surface area contributed by atoms with Crippen LogP contribution in [0.2, 0.25) is 0 Å². The third-order valence-corrected chi connectivity index (χ3v) is 3.50. The lowest BCUT2D eigenvalue weighted by Crippen LogP contribution is -2.24. The molecular weight excluding hydrogens is 276 g/mol. The van der Waals surface area contributed by atoms with Crippen LogP contribution in [0, 0.1) is 11.3 Å². The van der Waals surface area contributed by atoms with E-state index in [0.717, 1.165) is 16.9 Å². The van der Waals surface area contributed by atoms with Crippen molar-refractivity contribution in [3.05, 3.63) is 65.2 Å². The SMILES string of the molecule is COc1cccc(C(O)CN(C)Cc2ccc(C#N)cc2)c1. The quantitative estimate of drug-likeness (QED) is 0.890. The van der Waals surface area contributed by atoms with Gasteiger partial charge in [-0.2, -0.15) is 5.26 Å². The minimum atomic E-state index is -0.571. The summed E-state index contributed by atoms with van der Waals surface area (Å²) in [4.78, 5) is 2.05. The maximum atomic E-state index is 10.3. The largest absolute Gasteiger partial charge is 0.497 e. The molecule has 0 aliphatic heterocycles. The highest BCUT2D eigenvalue weighted by atomic mass is 16.5. The molecule has 114 valence electrons. The van der Waals surface area contributed by atoms with Crippen molar-refractivity contribution in [1.29, 1.82) is 5.26 Å². The number of nitrogens with zero attached hydrogens (tertiary/aromatic N) is 2. The summed E-state index contributed by atoms with van der Waals surface area (Å²) in [5, 5.41) is 19.1. The van der Waals surface area contributed by atoms with Crippen molar-refractivity contribution in [2.24, 2.45) is 0 Å². The molecule has 0 aliphatic carbocycles. The Morgan fingerprint density at radius 3 is 2.59 bits per heavy atom. The lowest BCUT2D eigenvalue weighted by molar-refractivity contribution is 0.123. The average Bonchev–Trinajstić information content (AvgIpc) is 2.55. The first-order chi connectivity index (χ1) is 10.6. The molecule has 0 heterocycles. The summed E-state index contributed by atoms with van der Waals surface area (Å²) in [6, 6.07) is 17.1. The van der Waals surface area contributed by atoms with E-state index in [1.54, 1.807) is 7.11 Å². The van der Waals surface area contributed by atoms with Gasteiger partial charge in [-0.3, -0.25) is 4.90 Å². The van der Waals surface area contributed by atoms with Crippen molar-refractivity contribution >= 4 is 0 Å². The molecule has 0 bridgehead atoms. The zero-order valence-electron chi connectivity index (χ0n) is 12.9. The Morgan fingerprint density at radius 2 is 1.95 bits per heavy atom. The molecule has 4 heteroatoms. The number of rotatable bonds is 6. The van der Waals surface area contributed by atoms with E-state index < -0.39 is 6.10 Å². The Kier molecular flexibility index (Phi) is 5.54. The third-order valence-electron chi connectivity index (χ3n) is 3.50. The predicted molar refractivity (Wildman–Crippen MR) is 85.4 cm³/mol.